The number of carbonyl (C=O) groups is 1. The number of hydrogen-bond acceptors (Lipinski definition) is 2. The Morgan fingerprint density at radius 2 is 1.89 bits per heavy atom. The highest BCUT2D eigenvalue weighted by molar-refractivity contribution is 7.80. The number of urea groups is 1. The summed E-state index contributed by atoms with van der Waals surface area (Å²) in [4.78, 5) is 14.4. The second-order valence-electron chi connectivity index (χ2n) is 4.79. The molecule has 3 nitrogen and oxygen atoms in total. The fourth-order valence-corrected chi connectivity index (χ4v) is 2.27. The number of hydrogen-bond donors (Lipinski definition) is 1. The number of rotatable bonds is 1. The number of likely N-dealkylation sites (tertiary alicyclic amines) is 1. The monoisotopic (exact) mass is 262 g/mol. The molecule has 1 N–H and O–H groups in total. The summed E-state index contributed by atoms with van der Waals surface area (Å²) < 4.78 is 0. The fraction of sp³-hybridized carbons (Fsp3) is 0.429. The van der Waals surface area contributed by atoms with Crippen LogP contribution >= 0.6 is 12.2 Å². The first kappa shape index (κ1) is 13.0. The van der Waals surface area contributed by atoms with Crippen LogP contribution in [0.2, 0.25) is 0 Å². The molecular weight excluding hydrogens is 244 g/mol. The lowest BCUT2D eigenvalue weighted by molar-refractivity contribution is 0.179. The highest BCUT2D eigenvalue weighted by Gasteiger charge is 2.20. The quantitative estimate of drug-likeness (QED) is 0.789. The molecule has 0 unspecified atom stereocenters. The van der Waals surface area contributed by atoms with Gasteiger partial charge in [-0.15, -0.1) is 0 Å². The Balaban J connectivity index is 1.90. The third kappa shape index (κ3) is 3.29. The van der Waals surface area contributed by atoms with Gasteiger partial charge in [0.1, 0.15) is 4.99 Å². The van der Waals surface area contributed by atoms with Crippen molar-refractivity contribution in [1.82, 2.24) is 10.2 Å². The lowest BCUT2D eigenvalue weighted by Gasteiger charge is -2.30. The summed E-state index contributed by atoms with van der Waals surface area (Å²) in [6.07, 6.45) is 2.15. The SMILES string of the molecule is CC1CCN(C(=O)NC(=S)c2ccccc2)CC1. The summed E-state index contributed by atoms with van der Waals surface area (Å²) in [7, 11) is 0. The van der Waals surface area contributed by atoms with Crippen molar-refractivity contribution in [1.29, 1.82) is 0 Å². The molecule has 96 valence electrons. The fourth-order valence-electron chi connectivity index (χ4n) is 2.05. The summed E-state index contributed by atoms with van der Waals surface area (Å²) in [6, 6.07) is 9.49. The molecule has 0 aromatic heterocycles. The highest BCUT2D eigenvalue weighted by atomic mass is 32.1. The van der Waals surface area contributed by atoms with Gasteiger partial charge >= 0.3 is 6.03 Å². The van der Waals surface area contributed by atoms with E-state index in [1.807, 2.05) is 35.2 Å². The Labute approximate surface area is 113 Å². The molecule has 0 atom stereocenters. The van der Waals surface area contributed by atoms with Crippen molar-refractivity contribution in [3.63, 3.8) is 0 Å². The van der Waals surface area contributed by atoms with Crippen molar-refractivity contribution >= 4 is 23.2 Å². The Morgan fingerprint density at radius 3 is 2.50 bits per heavy atom. The van der Waals surface area contributed by atoms with Crippen LogP contribution < -0.4 is 5.32 Å². The number of carbonyl (C=O) groups excluding carboxylic acids is 1. The number of nitrogens with zero attached hydrogens (tertiary/aromatic N) is 1. The first-order valence-electron chi connectivity index (χ1n) is 6.32. The maximum absolute atomic E-state index is 12.0. The summed E-state index contributed by atoms with van der Waals surface area (Å²) >= 11 is 5.23. The molecule has 0 spiro atoms. The van der Waals surface area contributed by atoms with E-state index in [1.54, 1.807) is 0 Å². The summed E-state index contributed by atoms with van der Waals surface area (Å²) in [6.45, 7) is 3.87. The molecule has 1 aliphatic rings. The summed E-state index contributed by atoms with van der Waals surface area (Å²) in [5.74, 6) is 0.718. The van der Waals surface area contributed by atoms with Gasteiger partial charge in [0.2, 0.25) is 0 Å². The highest BCUT2D eigenvalue weighted by Crippen LogP contribution is 2.15. The van der Waals surface area contributed by atoms with Crippen LogP contribution in [0.3, 0.4) is 0 Å². The third-order valence-electron chi connectivity index (χ3n) is 3.33. The molecule has 1 aromatic rings. The smallest absolute Gasteiger partial charge is 0.322 e. The zero-order valence-corrected chi connectivity index (χ0v) is 11.4. The molecule has 0 radical (unpaired) electrons. The van der Waals surface area contributed by atoms with Gasteiger partial charge in [0.05, 0.1) is 0 Å². The zero-order chi connectivity index (χ0) is 13.0. The van der Waals surface area contributed by atoms with Gasteiger partial charge in [0.15, 0.2) is 0 Å². The third-order valence-corrected chi connectivity index (χ3v) is 3.67. The van der Waals surface area contributed by atoms with Gasteiger partial charge in [-0.25, -0.2) is 4.79 Å². The molecule has 0 aliphatic carbocycles. The van der Waals surface area contributed by atoms with E-state index in [0.29, 0.717) is 4.99 Å². The van der Waals surface area contributed by atoms with Crippen molar-refractivity contribution in [2.24, 2.45) is 5.92 Å². The molecule has 0 bridgehead atoms. The van der Waals surface area contributed by atoms with Crippen LogP contribution in [-0.4, -0.2) is 29.0 Å². The van der Waals surface area contributed by atoms with E-state index in [9.17, 15) is 4.79 Å². The van der Waals surface area contributed by atoms with Crippen molar-refractivity contribution in [3.8, 4) is 0 Å². The average Bonchev–Trinajstić information content (AvgIpc) is 2.40. The maximum Gasteiger partial charge on any atom is 0.322 e. The average molecular weight is 262 g/mol. The van der Waals surface area contributed by atoms with E-state index in [4.69, 9.17) is 12.2 Å². The van der Waals surface area contributed by atoms with Gasteiger partial charge in [0, 0.05) is 18.7 Å². The second-order valence-corrected chi connectivity index (χ2v) is 5.20. The summed E-state index contributed by atoms with van der Waals surface area (Å²) in [5, 5.41) is 2.80. The van der Waals surface area contributed by atoms with Crippen LogP contribution in [0.5, 0.6) is 0 Å². The van der Waals surface area contributed by atoms with Gasteiger partial charge < -0.3 is 4.90 Å². The Morgan fingerprint density at radius 1 is 1.28 bits per heavy atom. The number of amides is 2. The molecule has 2 amide bonds. The topological polar surface area (TPSA) is 32.3 Å². The lowest BCUT2D eigenvalue weighted by atomic mass is 10.00. The molecule has 1 heterocycles. The van der Waals surface area contributed by atoms with Gasteiger partial charge in [-0.05, 0) is 18.8 Å². The normalized spacial score (nSPS) is 16.4. The first-order chi connectivity index (χ1) is 8.66. The molecule has 1 saturated heterocycles. The first-order valence-corrected chi connectivity index (χ1v) is 6.73. The van der Waals surface area contributed by atoms with E-state index >= 15 is 0 Å². The van der Waals surface area contributed by atoms with Crippen molar-refractivity contribution in [2.45, 2.75) is 19.8 Å². The van der Waals surface area contributed by atoms with E-state index < -0.39 is 0 Å². The second kappa shape index (κ2) is 5.96. The van der Waals surface area contributed by atoms with Crippen molar-refractivity contribution in [3.05, 3.63) is 35.9 Å². The predicted molar refractivity (Wildman–Crippen MR) is 76.6 cm³/mol. The molecule has 1 aromatic carbocycles. The van der Waals surface area contributed by atoms with Crippen LogP contribution in [-0.2, 0) is 0 Å². The largest absolute Gasteiger partial charge is 0.324 e. The van der Waals surface area contributed by atoms with Gasteiger partial charge in [0.25, 0.3) is 0 Å². The van der Waals surface area contributed by atoms with E-state index in [2.05, 4.69) is 12.2 Å². The Bertz CT molecular complexity index is 425. The Kier molecular flexibility index (Phi) is 4.31. The van der Waals surface area contributed by atoms with Crippen molar-refractivity contribution < 1.29 is 4.79 Å². The van der Waals surface area contributed by atoms with Crippen LogP contribution in [0.25, 0.3) is 0 Å². The van der Waals surface area contributed by atoms with Crippen LogP contribution in [0, 0.1) is 5.92 Å². The van der Waals surface area contributed by atoms with Crippen LogP contribution in [0.1, 0.15) is 25.3 Å². The van der Waals surface area contributed by atoms with E-state index in [1.165, 1.54) is 0 Å². The molecule has 2 rings (SSSR count). The van der Waals surface area contributed by atoms with Crippen molar-refractivity contribution in [2.75, 3.05) is 13.1 Å². The molecule has 4 heteroatoms. The number of benzene rings is 1. The van der Waals surface area contributed by atoms with Gasteiger partial charge in [-0.1, -0.05) is 49.5 Å². The number of piperidine rings is 1. The maximum atomic E-state index is 12.0. The minimum atomic E-state index is -0.0734. The summed E-state index contributed by atoms with van der Waals surface area (Å²) in [5.41, 5.74) is 0.881. The van der Waals surface area contributed by atoms with Crippen LogP contribution in [0.4, 0.5) is 4.79 Å². The molecule has 0 saturated carbocycles. The molecule has 1 aliphatic heterocycles. The van der Waals surface area contributed by atoms with E-state index in [0.717, 1.165) is 37.4 Å². The number of thiocarbonyl (C=S) groups is 1. The molecule has 18 heavy (non-hydrogen) atoms. The van der Waals surface area contributed by atoms with Crippen LogP contribution in [0.15, 0.2) is 30.3 Å². The molecular formula is C14H18N2OS. The standard InChI is InChI=1S/C14H18N2OS/c1-11-7-9-16(10-8-11)14(17)15-13(18)12-5-3-2-4-6-12/h2-6,11H,7-10H2,1H3,(H,15,17,18). The molecule has 1 fully saturated rings. The van der Waals surface area contributed by atoms with Gasteiger partial charge in [-0.3, -0.25) is 5.32 Å². The number of nitrogens with one attached hydrogen (secondary N) is 1. The lowest BCUT2D eigenvalue weighted by Crippen LogP contribution is -2.45. The minimum Gasteiger partial charge on any atom is -0.324 e. The Hall–Kier alpha value is -1.42. The van der Waals surface area contributed by atoms with Gasteiger partial charge in [-0.2, -0.15) is 0 Å². The predicted octanol–water partition coefficient (Wildman–Crippen LogP) is 2.80. The van der Waals surface area contributed by atoms with E-state index in [-0.39, 0.29) is 6.03 Å². The minimum absolute atomic E-state index is 0.0734. The zero-order valence-electron chi connectivity index (χ0n) is 10.6.